The Hall–Kier alpha value is -3.55. The monoisotopic (exact) mass is 647 g/mol. The van der Waals surface area contributed by atoms with Crippen LogP contribution in [0.25, 0.3) is 0 Å². The number of urea groups is 1. The molecule has 1 saturated heterocycles. The highest BCUT2D eigenvalue weighted by Gasteiger charge is 2.47. The van der Waals surface area contributed by atoms with Crippen molar-refractivity contribution in [2.45, 2.75) is 31.0 Å². The van der Waals surface area contributed by atoms with Gasteiger partial charge < -0.3 is 25.6 Å². The number of hydrogen-bond acceptors (Lipinski definition) is 6. The molecule has 4 atom stereocenters. The van der Waals surface area contributed by atoms with Gasteiger partial charge in [-0.2, -0.15) is 0 Å². The normalized spacial score (nSPS) is 17.4. The Balaban J connectivity index is 1.60. The summed E-state index contributed by atoms with van der Waals surface area (Å²) in [5, 5.41) is 23.6. The van der Waals surface area contributed by atoms with Gasteiger partial charge in [-0.25, -0.2) is 14.1 Å². The molecule has 1 fully saturated rings. The first kappa shape index (κ1) is 28.5. The fraction of sp³-hybridized carbons (Fsp3) is 0.250. The van der Waals surface area contributed by atoms with Crippen LogP contribution >= 0.6 is 22.6 Å². The first-order chi connectivity index (χ1) is 18.7. The van der Waals surface area contributed by atoms with Gasteiger partial charge in [0.25, 0.3) is 5.91 Å². The van der Waals surface area contributed by atoms with Crippen LogP contribution in [0.2, 0.25) is 0 Å². The van der Waals surface area contributed by atoms with Gasteiger partial charge in [-0.3, -0.25) is 9.59 Å². The molecule has 3 aromatic carbocycles. The van der Waals surface area contributed by atoms with Crippen LogP contribution in [0.4, 0.5) is 14.9 Å². The molecule has 1 aliphatic heterocycles. The zero-order valence-electron chi connectivity index (χ0n) is 20.9. The molecule has 3 aromatic rings. The van der Waals surface area contributed by atoms with E-state index in [4.69, 9.17) is 9.84 Å². The number of halogens is 2. The molecule has 0 aromatic heterocycles. The maximum atomic E-state index is 14.5. The molecule has 0 aliphatic carbocycles. The number of imide groups is 1. The van der Waals surface area contributed by atoms with Crippen molar-refractivity contribution in [1.29, 1.82) is 0 Å². The predicted molar refractivity (Wildman–Crippen MR) is 150 cm³/mol. The number of aliphatic hydroxyl groups excluding tert-OH is 2. The van der Waals surface area contributed by atoms with Crippen LogP contribution in [0.15, 0.2) is 72.8 Å². The summed E-state index contributed by atoms with van der Waals surface area (Å²) in [6, 6.07) is 16.5. The Morgan fingerprint density at radius 2 is 1.82 bits per heavy atom. The van der Waals surface area contributed by atoms with Crippen LogP contribution in [0.1, 0.15) is 30.0 Å². The fourth-order valence-electron chi connectivity index (χ4n) is 4.29. The van der Waals surface area contributed by atoms with E-state index in [2.05, 4.69) is 10.6 Å². The molecule has 0 saturated carbocycles. The minimum absolute atomic E-state index is 0.0591. The fourth-order valence-corrected chi connectivity index (χ4v) is 4.74. The van der Waals surface area contributed by atoms with Crippen molar-refractivity contribution >= 4 is 46.1 Å². The Bertz CT molecular complexity index is 1340. The van der Waals surface area contributed by atoms with Crippen LogP contribution in [0.5, 0.6) is 5.75 Å². The smallest absolute Gasteiger partial charge is 0.325 e. The molecule has 0 spiro atoms. The van der Waals surface area contributed by atoms with Crippen LogP contribution in [-0.2, 0) is 9.59 Å². The van der Waals surface area contributed by atoms with E-state index in [0.29, 0.717) is 14.9 Å². The highest BCUT2D eigenvalue weighted by Crippen LogP contribution is 2.32. The molecule has 39 heavy (non-hydrogen) atoms. The van der Waals surface area contributed by atoms with Crippen molar-refractivity contribution in [1.82, 2.24) is 10.2 Å². The van der Waals surface area contributed by atoms with Gasteiger partial charge >= 0.3 is 6.03 Å². The second kappa shape index (κ2) is 12.5. The van der Waals surface area contributed by atoms with E-state index in [1.165, 1.54) is 12.1 Å². The summed E-state index contributed by atoms with van der Waals surface area (Å²) in [6.07, 6.45) is -1.03. The number of hydrogen-bond donors (Lipinski definition) is 4. The second-order valence-electron chi connectivity index (χ2n) is 9.06. The van der Waals surface area contributed by atoms with Gasteiger partial charge in [-0.15, -0.1) is 0 Å². The molecule has 1 aliphatic rings. The number of nitrogens with zero attached hydrogens (tertiary/aromatic N) is 1. The average molecular weight is 647 g/mol. The van der Waals surface area contributed by atoms with Gasteiger partial charge in [0.2, 0.25) is 5.91 Å². The van der Waals surface area contributed by atoms with Crippen molar-refractivity contribution in [2.24, 2.45) is 0 Å². The molecule has 4 amide bonds. The molecule has 3 unspecified atom stereocenters. The van der Waals surface area contributed by atoms with Crippen molar-refractivity contribution in [3.05, 3.63) is 93.3 Å². The van der Waals surface area contributed by atoms with Crippen molar-refractivity contribution in [2.75, 3.05) is 18.5 Å². The number of benzene rings is 3. The van der Waals surface area contributed by atoms with E-state index >= 15 is 0 Å². The quantitative estimate of drug-likeness (QED) is 0.197. The summed E-state index contributed by atoms with van der Waals surface area (Å²) in [7, 11) is 0. The van der Waals surface area contributed by atoms with E-state index in [0.717, 1.165) is 10.5 Å². The van der Waals surface area contributed by atoms with Crippen molar-refractivity contribution in [3.63, 3.8) is 0 Å². The molecule has 4 rings (SSSR count). The number of amides is 4. The predicted octanol–water partition coefficient (Wildman–Crippen LogP) is 3.57. The molecule has 0 radical (unpaired) electrons. The minimum Gasteiger partial charge on any atom is -0.491 e. The van der Waals surface area contributed by atoms with Crippen molar-refractivity contribution < 1.29 is 33.7 Å². The number of rotatable bonds is 10. The lowest BCUT2D eigenvalue weighted by molar-refractivity contribution is -0.134. The summed E-state index contributed by atoms with van der Waals surface area (Å²) in [6.45, 7) is 1.17. The first-order valence-electron chi connectivity index (χ1n) is 12.2. The third kappa shape index (κ3) is 6.54. The lowest BCUT2D eigenvalue weighted by atomic mass is 9.91. The first-order valence-corrected chi connectivity index (χ1v) is 13.2. The third-order valence-corrected chi connectivity index (χ3v) is 7.04. The zero-order chi connectivity index (χ0) is 28.1. The van der Waals surface area contributed by atoms with Gasteiger partial charge in [0.05, 0.1) is 12.3 Å². The average Bonchev–Trinajstić information content (AvgIpc) is 3.23. The van der Waals surface area contributed by atoms with Crippen LogP contribution in [-0.4, -0.2) is 58.3 Å². The standard InChI is InChI=1S/C28H27FIN3O6/c1-16(17-5-3-2-4-6-17)25(26(36)31-23-12-9-19(30)13-22(23)29)33-27(37)24(32-28(33)38)18-7-10-21(11-8-18)39-15-20(35)14-34/h2-13,16,20,24-25,34-35H,14-15H2,1H3,(H,31,36)(H,32,38)/t16?,20?,24-,25?/m1/s1. The summed E-state index contributed by atoms with van der Waals surface area (Å²) in [5.41, 5.74) is 1.12. The van der Waals surface area contributed by atoms with E-state index < -0.39 is 54.4 Å². The maximum Gasteiger partial charge on any atom is 0.325 e. The summed E-state index contributed by atoms with van der Waals surface area (Å²) >= 11 is 1.95. The van der Waals surface area contributed by atoms with Gasteiger partial charge in [0, 0.05) is 9.49 Å². The topological polar surface area (TPSA) is 128 Å². The summed E-state index contributed by atoms with van der Waals surface area (Å²) in [4.78, 5) is 41.2. The Labute approximate surface area is 238 Å². The van der Waals surface area contributed by atoms with Crippen molar-refractivity contribution in [3.8, 4) is 5.75 Å². The van der Waals surface area contributed by atoms with Gasteiger partial charge in [-0.05, 0) is 64.0 Å². The summed E-state index contributed by atoms with van der Waals surface area (Å²) < 4.78 is 20.6. The third-order valence-electron chi connectivity index (χ3n) is 6.37. The van der Waals surface area contributed by atoms with E-state index in [1.54, 1.807) is 61.5 Å². The second-order valence-corrected chi connectivity index (χ2v) is 10.3. The van der Waals surface area contributed by atoms with E-state index in [1.807, 2.05) is 28.7 Å². The molecule has 1 heterocycles. The number of carbonyl (C=O) groups excluding carboxylic acids is 3. The number of aliphatic hydroxyl groups is 2. The Morgan fingerprint density at radius 3 is 2.46 bits per heavy atom. The molecular formula is C28H27FIN3O6. The maximum absolute atomic E-state index is 14.5. The van der Waals surface area contributed by atoms with Gasteiger partial charge in [0.15, 0.2) is 0 Å². The lowest BCUT2D eigenvalue weighted by Gasteiger charge is -2.30. The SMILES string of the molecule is CC(c1ccccc1)C(C(=O)Nc1ccc(I)cc1F)N1C(=O)N[C@H](c2ccc(OCC(O)CO)cc2)C1=O. The highest BCUT2D eigenvalue weighted by atomic mass is 127. The van der Waals surface area contributed by atoms with Crippen LogP contribution in [0.3, 0.4) is 0 Å². The van der Waals surface area contributed by atoms with E-state index in [9.17, 15) is 23.9 Å². The van der Waals surface area contributed by atoms with E-state index in [-0.39, 0.29) is 12.3 Å². The van der Waals surface area contributed by atoms with Gasteiger partial charge in [0.1, 0.15) is 36.4 Å². The molecule has 11 heteroatoms. The number of carbonyl (C=O) groups is 3. The van der Waals surface area contributed by atoms with Gasteiger partial charge in [-0.1, -0.05) is 49.4 Å². The molecular weight excluding hydrogens is 620 g/mol. The molecule has 0 bridgehead atoms. The number of anilines is 1. The minimum atomic E-state index is -1.27. The van der Waals surface area contributed by atoms with Crippen LogP contribution in [0, 0.1) is 9.39 Å². The zero-order valence-corrected chi connectivity index (χ0v) is 23.0. The largest absolute Gasteiger partial charge is 0.491 e. The lowest BCUT2D eigenvalue weighted by Crippen LogP contribution is -2.50. The molecule has 4 N–H and O–H groups in total. The van der Waals surface area contributed by atoms with Crippen LogP contribution < -0.4 is 15.4 Å². The number of ether oxygens (including phenoxy) is 1. The molecule has 9 nitrogen and oxygen atoms in total. The Kier molecular flexibility index (Phi) is 9.15. The number of nitrogens with one attached hydrogen (secondary N) is 2. The highest BCUT2D eigenvalue weighted by molar-refractivity contribution is 14.1. The molecule has 204 valence electrons. The Morgan fingerprint density at radius 1 is 1.13 bits per heavy atom. The summed E-state index contributed by atoms with van der Waals surface area (Å²) in [5.74, 6) is -2.18.